The number of halogens is 1. The topological polar surface area (TPSA) is 20.2 Å². The standard InChI is InChI=1S/C12H17ClO/c1-4-9(3)12(14)10-6-5-8(2)7-11(10)13/h5-7,9,12,14H,4H2,1-3H3. The molecule has 0 radical (unpaired) electrons. The summed E-state index contributed by atoms with van der Waals surface area (Å²) in [6.07, 6.45) is 0.499. The van der Waals surface area contributed by atoms with Crippen molar-refractivity contribution < 1.29 is 5.11 Å². The summed E-state index contributed by atoms with van der Waals surface area (Å²) in [4.78, 5) is 0. The fourth-order valence-electron chi connectivity index (χ4n) is 1.40. The van der Waals surface area contributed by atoms with E-state index >= 15 is 0 Å². The molecule has 0 aliphatic carbocycles. The average molecular weight is 213 g/mol. The molecule has 0 heterocycles. The molecule has 14 heavy (non-hydrogen) atoms. The molecular weight excluding hydrogens is 196 g/mol. The molecular formula is C12H17ClO. The van der Waals surface area contributed by atoms with Gasteiger partial charge in [0, 0.05) is 5.02 Å². The minimum Gasteiger partial charge on any atom is -0.388 e. The molecule has 1 aromatic carbocycles. The van der Waals surface area contributed by atoms with Crippen molar-refractivity contribution >= 4 is 11.6 Å². The van der Waals surface area contributed by atoms with Crippen LogP contribution in [0.2, 0.25) is 5.02 Å². The highest BCUT2D eigenvalue weighted by atomic mass is 35.5. The number of aliphatic hydroxyl groups excluding tert-OH is 1. The van der Waals surface area contributed by atoms with Gasteiger partial charge in [-0.15, -0.1) is 0 Å². The quantitative estimate of drug-likeness (QED) is 0.810. The Balaban J connectivity index is 2.95. The molecule has 1 N–H and O–H groups in total. The number of aryl methyl sites for hydroxylation is 1. The van der Waals surface area contributed by atoms with Gasteiger partial charge in [-0.05, 0) is 30.0 Å². The van der Waals surface area contributed by atoms with Crippen molar-refractivity contribution in [2.75, 3.05) is 0 Å². The van der Waals surface area contributed by atoms with Gasteiger partial charge in [-0.3, -0.25) is 0 Å². The van der Waals surface area contributed by atoms with Crippen molar-refractivity contribution in [2.24, 2.45) is 5.92 Å². The SMILES string of the molecule is CCC(C)C(O)c1ccc(C)cc1Cl. The van der Waals surface area contributed by atoms with Gasteiger partial charge in [0.25, 0.3) is 0 Å². The second kappa shape index (κ2) is 4.81. The lowest BCUT2D eigenvalue weighted by Gasteiger charge is -2.18. The smallest absolute Gasteiger partial charge is 0.0829 e. The summed E-state index contributed by atoms with van der Waals surface area (Å²) in [7, 11) is 0. The monoisotopic (exact) mass is 212 g/mol. The second-order valence-corrected chi connectivity index (χ2v) is 4.26. The van der Waals surface area contributed by atoms with Crippen LogP contribution in [0.5, 0.6) is 0 Å². The van der Waals surface area contributed by atoms with Gasteiger partial charge in [-0.2, -0.15) is 0 Å². The van der Waals surface area contributed by atoms with Gasteiger partial charge in [0.15, 0.2) is 0 Å². The van der Waals surface area contributed by atoms with Crippen LogP contribution in [-0.4, -0.2) is 5.11 Å². The molecule has 78 valence electrons. The van der Waals surface area contributed by atoms with Gasteiger partial charge in [-0.25, -0.2) is 0 Å². The summed E-state index contributed by atoms with van der Waals surface area (Å²) in [5.74, 6) is 0.246. The third-order valence-corrected chi connectivity index (χ3v) is 2.98. The molecule has 0 amide bonds. The second-order valence-electron chi connectivity index (χ2n) is 3.86. The lowest BCUT2D eigenvalue weighted by Crippen LogP contribution is -2.08. The molecule has 0 aromatic heterocycles. The summed E-state index contributed by atoms with van der Waals surface area (Å²) >= 11 is 6.07. The van der Waals surface area contributed by atoms with Gasteiger partial charge in [-0.1, -0.05) is 44.0 Å². The molecule has 0 saturated carbocycles. The highest BCUT2D eigenvalue weighted by Crippen LogP contribution is 2.30. The predicted molar refractivity (Wildman–Crippen MR) is 60.6 cm³/mol. The Bertz CT molecular complexity index is 309. The molecule has 2 unspecified atom stereocenters. The van der Waals surface area contributed by atoms with Crippen LogP contribution in [0.4, 0.5) is 0 Å². The van der Waals surface area contributed by atoms with E-state index in [9.17, 15) is 5.11 Å². The Hall–Kier alpha value is -0.530. The largest absolute Gasteiger partial charge is 0.388 e. The summed E-state index contributed by atoms with van der Waals surface area (Å²) < 4.78 is 0. The number of benzene rings is 1. The molecule has 0 saturated heterocycles. The third-order valence-electron chi connectivity index (χ3n) is 2.66. The summed E-state index contributed by atoms with van der Waals surface area (Å²) in [5, 5.41) is 10.6. The van der Waals surface area contributed by atoms with Crippen LogP contribution in [0.25, 0.3) is 0 Å². The van der Waals surface area contributed by atoms with Crippen LogP contribution in [0.1, 0.15) is 37.5 Å². The molecule has 0 bridgehead atoms. The van der Waals surface area contributed by atoms with Crippen molar-refractivity contribution in [1.29, 1.82) is 0 Å². The fraction of sp³-hybridized carbons (Fsp3) is 0.500. The van der Waals surface area contributed by atoms with E-state index in [0.29, 0.717) is 5.02 Å². The van der Waals surface area contributed by atoms with Crippen LogP contribution in [0.15, 0.2) is 18.2 Å². The zero-order chi connectivity index (χ0) is 10.7. The van der Waals surface area contributed by atoms with E-state index in [1.807, 2.05) is 32.0 Å². The highest BCUT2D eigenvalue weighted by Gasteiger charge is 2.17. The molecule has 1 nitrogen and oxygen atoms in total. The van der Waals surface area contributed by atoms with Crippen molar-refractivity contribution in [3.05, 3.63) is 34.3 Å². The molecule has 2 heteroatoms. The number of rotatable bonds is 3. The molecule has 0 aliphatic heterocycles. The normalized spacial score (nSPS) is 15.2. The zero-order valence-corrected chi connectivity index (χ0v) is 9.67. The maximum absolute atomic E-state index is 9.98. The van der Waals surface area contributed by atoms with E-state index in [1.54, 1.807) is 0 Å². The lowest BCUT2D eigenvalue weighted by atomic mass is 9.95. The first-order chi connectivity index (χ1) is 6.56. The fourth-order valence-corrected chi connectivity index (χ4v) is 1.75. The van der Waals surface area contributed by atoms with E-state index in [1.165, 1.54) is 0 Å². The van der Waals surface area contributed by atoms with Gasteiger partial charge in [0.1, 0.15) is 0 Å². The van der Waals surface area contributed by atoms with Crippen molar-refractivity contribution in [2.45, 2.75) is 33.3 Å². The molecule has 0 spiro atoms. The maximum Gasteiger partial charge on any atom is 0.0829 e. The van der Waals surface area contributed by atoms with Crippen LogP contribution < -0.4 is 0 Å². The van der Waals surface area contributed by atoms with Gasteiger partial charge in [0.05, 0.1) is 6.10 Å². The molecule has 2 atom stereocenters. The molecule has 1 rings (SSSR count). The highest BCUT2D eigenvalue weighted by molar-refractivity contribution is 6.31. The van der Waals surface area contributed by atoms with E-state index in [-0.39, 0.29) is 5.92 Å². The van der Waals surface area contributed by atoms with E-state index in [2.05, 4.69) is 6.92 Å². The lowest BCUT2D eigenvalue weighted by molar-refractivity contribution is 0.115. The third kappa shape index (κ3) is 2.49. The Labute approximate surface area is 90.7 Å². The molecule has 1 aromatic rings. The van der Waals surface area contributed by atoms with Gasteiger partial charge >= 0.3 is 0 Å². The Morgan fingerprint density at radius 3 is 2.57 bits per heavy atom. The minimum absolute atomic E-state index is 0.246. The molecule has 0 fully saturated rings. The first-order valence-electron chi connectivity index (χ1n) is 5.00. The van der Waals surface area contributed by atoms with Gasteiger partial charge in [0.2, 0.25) is 0 Å². The maximum atomic E-state index is 9.98. The van der Waals surface area contributed by atoms with Crippen LogP contribution in [-0.2, 0) is 0 Å². The number of hydrogen-bond acceptors (Lipinski definition) is 1. The minimum atomic E-state index is -0.451. The van der Waals surface area contributed by atoms with E-state index < -0.39 is 6.10 Å². The summed E-state index contributed by atoms with van der Waals surface area (Å²) in [6.45, 7) is 6.09. The number of hydrogen-bond donors (Lipinski definition) is 1. The van der Waals surface area contributed by atoms with Crippen molar-refractivity contribution in [3.63, 3.8) is 0 Å². The Kier molecular flexibility index (Phi) is 3.97. The van der Waals surface area contributed by atoms with Crippen LogP contribution in [0.3, 0.4) is 0 Å². The van der Waals surface area contributed by atoms with Crippen molar-refractivity contribution in [3.8, 4) is 0 Å². The zero-order valence-electron chi connectivity index (χ0n) is 8.92. The van der Waals surface area contributed by atoms with Gasteiger partial charge < -0.3 is 5.11 Å². The first kappa shape index (κ1) is 11.5. The van der Waals surface area contributed by atoms with Crippen LogP contribution >= 0.6 is 11.6 Å². The van der Waals surface area contributed by atoms with Crippen LogP contribution in [0, 0.1) is 12.8 Å². The average Bonchev–Trinajstić information content (AvgIpc) is 2.15. The van der Waals surface area contributed by atoms with Crippen molar-refractivity contribution in [1.82, 2.24) is 0 Å². The first-order valence-corrected chi connectivity index (χ1v) is 5.38. The Morgan fingerprint density at radius 2 is 2.07 bits per heavy atom. The van der Waals surface area contributed by atoms with E-state index in [0.717, 1.165) is 17.5 Å². The Morgan fingerprint density at radius 1 is 1.43 bits per heavy atom. The summed E-state index contributed by atoms with van der Waals surface area (Å²) in [6, 6.07) is 5.78. The number of aliphatic hydroxyl groups is 1. The van der Waals surface area contributed by atoms with E-state index in [4.69, 9.17) is 11.6 Å². The predicted octanol–water partition coefficient (Wildman–Crippen LogP) is 3.73. The molecule has 0 aliphatic rings. The summed E-state index contributed by atoms with van der Waals surface area (Å²) in [5.41, 5.74) is 1.96.